The van der Waals surface area contributed by atoms with Crippen LogP contribution < -0.4 is 10.1 Å². The molecule has 10 heteroatoms. The molecular formula is C25H22F3N5O2. The van der Waals surface area contributed by atoms with Crippen LogP contribution in [-0.4, -0.2) is 25.7 Å². The first-order valence-electron chi connectivity index (χ1n) is 10.7. The Hall–Kier alpha value is -4.21. The fourth-order valence-corrected chi connectivity index (χ4v) is 3.40. The summed E-state index contributed by atoms with van der Waals surface area (Å²) in [5.41, 5.74) is 2.37. The molecule has 0 atom stereocenters. The van der Waals surface area contributed by atoms with Crippen molar-refractivity contribution in [2.75, 3.05) is 5.32 Å². The summed E-state index contributed by atoms with van der Waals surface area (Å²) in [6.07, 6.45) is -4.53. The van der Waals surface area contributed by atoms with Gasteiger partial charge in [0, 0.05) is 23.0 Å². The first-order valence-corrected chi connectivity index (χ1v) is 10.7. The zero-order chi connectivity index (χ0) is 25.3. The third kappa shape index (κ3) is 5.32. The lowest BCUT2D eigenvalue weighted by atomic mass is 10.1. The number of hydrogen-bond acceptors (Lipinski definition) is 5. The van der Waals surface area contributed by atoms with Gasteiger partial charge in [0.15, 0.2) is 5.82 Å². The molecule has 0 saturated carbocycles. The molecular weight excluding hydrogens is 459 g/mol. The van der Waals surface area contributed by atoms with E-state index < -0.39 is 17.6 Å². The first kappa shape index (κ1) is 23.9. The van der Waals surface area contributed by atoms with Gasteiger partial charge in [0.05, 0.1) is 11.3 Å². The van der Waals surface area contributed by atoms with Gasteiger partial charge < -0.3 is 10.1 Å². The van der Waals surface area contributed by atoms with E-state index in [0.717, 1.165) is 29.1 Å². The molecule has 35 heavy (non-hydrogen) atoms. The van der Waals surface area contributed by atoms with E-state index >= 15 is 0 Å². The highest BCUT2D eigenvalue weighted by Gasteiger charge is 2.30. The summed E-state index contributed by atoms with van der Waals surface area (Å²) in [6, 6.07) is 12.3. The van der Waals surface area contributed by atoms with Gasteiger partial charge in [0.25, 0.3) is 5.91 Å². The number of alkyl halides is 3. The van der Waals surface area contributed by atoms with Gasteiger partial charge >= 0.3 is 6.18 Å². The van der Waals surface area contributed by atoms with Gasteiger partial charge in [-0.2, -0.15) is 23.3 Å². The first-order chi connectivity index (χ1) is 16.5. The number of aryl methyl sites for hydroxylation is 2. The largest absolute Gasteiger partial charge is 0.439 e. The van der Waals surface area contributed by atoms with Gasteiger partial charge in [-0.25, -0.2) is 9.67 Å². The fraction of sp³-hybridized carbons (Fsp3) is 0.200. The SMILES string of the molecule is Cc1nc(Oc2ccc(NC(=O)c3cccc(C(F)(F)F)c3)cc2)cc(-n2nc(C)c(C)c2C)n1. The van der Waals surface area contributed by atoms with Crippen molar-refractivity contribution in [1.29, 1.82) is 0 Å². The summed E-state index contributed by atoms with van der Waals surface area (Å²) in [4.78, 5) is 21.2. The Balaban J connectivity index is 1.49. The second kappa shape index (κ2) is 9.21. The van der Waals surface area contributed by atoms with Crippen molar-refractivity contribution in [3.05, 3.63) is 88.5 Å². The fourth-order valence-electron chi connectivity index (χ4n) is 3.40. The van der Waals surface area contributed by atoms with Crippen LogP contribution in [0.1, 0.15) is 38.7 Å². The molecule has 0 aliphatic heterocycles. The second-order valence-electron chi connectivity index (χ2n) is 7.98. The predicted molar refractivity (Wildman–Crippen MR) is 124 cm³/mol. The van der Waals surface area contributed by atoms with Gasteiger partial charge in [0.2, 0.25) is 5.88 Å². The highest BCUT2D eigenvalue weighted by molar-refractivity contribution is 6.04. The Kier molecular flexibility index (Phi) is 6.29. The van der Waals surface area contributed by atoms with Crippen LogP contribution >= 0.6 is 0 Å². The third-order valence-corrected chi connectivity index (χ3v) is 5.46. The number of rotatable bonds is 5. The summed E-state index contributed by atoms with van der Waals surface area (Å²) < 4.78 is 46.3. The number of nitrogens with zero attached hydrogens (tertiary/aromatic N) is 4. The van der Waals surface area contributed by atoms with Gasteiger partial charge in [-0.1, -0.05) is 6.07 Å². The standard InChI is InChI=1S/C25H22F3N5O2/c1-14-15(2)32-33(16(14)3)22-13-23(30-17(4)29-22)35-21-10-8-20(9-11-21)31-24(34)18-6-5-7-19(12-18)25(26,27)28/h5-13H,1-4H3,(H,31,34). The Bertz CT molecular complexity index is 1400. The lowest BCUT2D eigenvalue weighted by Crippen LogP contribution is -2.13. The van der Waals surface area contributed by atoms with Crippen molar-refractivity contribution in [2.24, 2.45) is 0 Å². The average Bonchev–Trinajstić information content (AvgIpc) is 3.07. The number of nitrogens with one attached hydrogen (secondary N) is 1. The summed E-state index contributed by atoms with van der Waals surface area (Å²) >= 11 is 0. The molecule has 0 aliphatic rings. The average molecular weight is 481 g/mol. The quantitative estimate of drug-likeness (QED) is 0.380. The van der Waals surface area contributed by atoms with Crippen LogP contribution in [-0.2, 0) is 6.18 Å². The minimum Gasteiger partial charge on any atom is -0.439 e. The maximum atomic E-state index is 12.9. The van der Waals surface area contributed by atoms with E-state index in [1.54, 1.807) is 41.9 Å². The Morgan fingerprint density at radius 1 is 0.971 bits per heavy atom. The van der Waals surface area contributed by atoms with Crippen molar-refractivity contribution in [2.45, 2.75) is 33.9 Å². The summed E-state index contributed by atoms with van der Waals surface area (Å²) in [6.45, 7) is 7.63. The van der Waals surface area contributed by atoms with E-state index in [0.29, 0.717) is 29.0 Å². The Morgan fingerprint density at radius 2 is 1.69 bits per heavy atom. The van der Waals surface area contributed by atoms with E-state index in [4.69, 9.17) is 4.74 Å². The van der Waals surface area contributed by atoms with Crippen LogP contribution in [0.2, 0.25) is 0 Å². The molecule has 0 aliphatic carbocycles. The van der Waals surface area contributed by atoms with Gasteiger partial charge in [-0.3, -0.25) is 4.79 Å². The van der Waals surface area contributed by atoms with Crippen LogP contribution in [0.25, 0.3) is 5.82 Å². The molecule has 1 N–H and O–H groups in total. The Labute approximate surface area is 199 Å². The molecule has 0 fully saturated rings. The maximum absolute atomic E-state index is 12.9. The second-order valence-corrected chi connectivity index (χ2v) is 7.98. The van der Waals surface area contributed by atoms with Crippen LogP contribution in [0.5, 0.6) is 11.6 Å². The lowest BCUT2D eigenvalue weighted by molar-refractivity contribution is -0.137. The molecule has 0 radical (unpaired) electrons. The highest BCUT2D eigenvalue weighted by Crippen LogP contribution is 2.30. The highest BCUT2D eigenvalue weighted by atomic mass is 19.4. The molecule has 4 rings (SSSR count). The summed E-state index contributed by atoms with van der Waals surface area (Å²) in [5, 5.41) is 7.10. The minimum atomic E-state index is -4.53. The number of benzene rings is 2. The molecule has 180 valence electrons. The smallest absolute Gasteiger partial charge is 0.416 e. The number of aromatic nitrogens is 4. The predicted octanol–water partition coefficient (Wildman–Crippen LogP) is 5.96. The van der Waals surface area contributed by atoms with Gasteiger partial charge in [-0.15, -0.1) is 0 Å². The zero-order valence-corrected chi connectivity index (χ0v) is 19.4. The summed E-state index contributed by atoms with van der Waals surface area (Å²) in [5.74, 6) is 1.20. The number of anilines is 1. The van der Waals surface area contributed by atoms with Gasteiger partial charge in [-0.05, 0) is 75.7 Å². The number of amides is 1. The zero-order valence-electron chi connectivity index (χ0n) is 19.4. The van der Waals surface area contributed by atoms with E-state index in [9.17, 15) is 18.0 Å². The number of hydrogen-bond donors (Lipinski definition) is 1. The molecule has 2 aromatic carbocycles. The third-order valence-electron chi connectivity index (χ3n) is 5.46. The van der Waals surface area contributed by atoms with Crippen molar-refractivity contribution in [3.63, 3.8) is 0 Å². The van der Waals surface area contributed by atoms with Crippen molar-refractivity contribution in [1.82, 2.24) is 19.7 Å². The minimum absolute atomic E-state index is 0.0940. The van der Waals surface area contributed by atoms with E-state index in [-0.39, 0.29) is 5.56 Å². The van der Waals surface area contributed by atoms with E-state index in [1.165, 1.54) is 12.1 Å². The molecule has 0 bridgehead atoms. The van der Waals surface area contributed by atoms with Gasteiger partial charge in [0.1, 0.15) is 11.6 Å². The molecule has 2 heterocycles. The van der Waals surface area contributed by atoms with Crippen LogP contribution in [0, 0.1) is 27.7 Å². The summed E-state index contributed by atoms with van der Waals surface area (Å²) in [7, 11) is 0. The van der Waals surface area contributed by atoms with Crippen molar-refractivity contribution < 1.29 is 22.7 Å². The lowest BCUT2D eigenvalue weighted by Gasteiger charge is -2.11. The van der Waals surface area contributed by atoms with Crippen molar-refractivity contribution >= 4 is 11.6 Å². The molecule has 0 saturated heterocycles. The Morgan fingerprint density at radius 3 is 2.31 bits per heavy atom. The molecule has 0 spiro atoms. The molecule has 7 nitrogen and oxygen atoms in total. The maximum Gasteiger partial charge on any atom is 0.416 e. The molecule has 1 amide bonds. The monoisotopic (exact) mass is 481 g/mol. The number of ether oxygens (including phenoxy) is 1. The van der Waals surface area contributed by atoms with Crippen LogP contribution in [0.15, 0.2) is 54.6 Å². The number of carbonyl (C=O) groups is 1. The molecule has 2 aromatic heterocycles. The normalized spacial score (nSPS) is 11.4. The molecule has 4 aromatic rings. The topological polar surface area (TPSA) is 81.9 Å². The van der Waals surface area contributed by atoms with Crippen molar-refractivity contribution in [3.8, 4) is 17.4 Å². The van der Waals surface area contributed by atoms with Crippen LogP contribution in [0.3, 0.4) is 0 Å². The number of carbonyl (C=O) groups excluding carboxylic acids is 1. The van der Waals surface area contributed by atoms with E-state index in [2.05, 4.69) is 20.4 Å². The van der Waals surface area contributed by atoms with E-state index in [1.807, 2.05) is 20.8 Å². The number of halogens is 3. The molecule has 0 unspecified atom stereocenters. The van der Waals surface area contributed by atoms with Crippen LogP contribution in [0.4, 0.5) is 18.9 Å².